The Bertz CT molecular complexity index is 1230. The molecule has 0 aliphatic heterocycles. The van der Waals surface area contributed by atoms with Gasteiger partial charge in [0.2, 0.25) is 21.8 Å². The number of hydrogen-bond donors (Lipinski definition) is 2. The largest absolute Gasteiger partial charge is 0.467 e. The number of hydrogen-bond acceptors (Lipinski definition) is 5. The van der Waals surface area contributed by atoms with Crippen LogP contribution in [0.4, 0.5) is 10.1 Å². The van der Waals surface area contributed by atoms with Gasteiger partial charge in [-0.05, 0) is 49.7 Å². The summed E-state index contributed by atoms with van der Waals surface area (Å²) in [6.45, 7) is 2.92. The minimum absolute atomic E-state index is 0.00780. The molecular formula is C24H26FN3O5S. The SMILES string of the molecule is CC[C@H](C(=O)NCc1ccco1)N(C(=O)CNS(=O)(=O)c1ccc(C)cc1)c1ccccc1F. The summed E-state index contributed by atoms with van der Waals surface area (Å²) >= 11 is 0. The second-order valence-corrected chi connectivity index (χ2v) is 9.34. The van der Waals surface area contributed by atoms with Crippen molar-refractivity contribution in [2.45, 2.75) is 37.8 Å². The second kappa shape index (κ2) is 11.1. The number of halogens is 1. The molecule has 3 aromatic rings. The lowest BCUT2D eigenvalue weighted by Gasteiger charge is -2.30. The summed E-state index contributed by atoms with van der Waals surface area (Å²) in [7, 11) is -3.99. The minimum atomic E-state index is -3.99. The molecule has 0 aliphatic carbocycles. The lowest BCUT2D eigenvalue weighted by Crippen LogP contribution is -2.52. The van der Waals surface area contributed by atoms with Crippen LogP contribution in [0.5, 0.6) is 0 Å². The van der Waals surface area contributed by atoms with Crippen LogP contribution in [0.1, 0.15) is 24.7 Å². The van der Waals surface area contributed by atoms with Crippen molar-refractivity contribution in [1.29, 1.82) is 0 Å². The third-order valence-corrected chi connectivity index (χ3v) is 6.56. The molecule has 0 aliphatic rings. The van der Waals surface area contributed by atoms with Gasteiger partial charge in [-0.3, -0.25) is 14.5 Å². The Hall–Kier alpha value is -3.50. The summed E-state index contributed by atoms with van der Waals surface area (Å²) in [6.07, 6.45) is 1.63. The van der Waals surface area contributed by atoms with Crippen LogP contribution in [0.15, 0.2) is 76.2 Å². The fraction of sp³-hybridized carbons (Fsp3) is 0.250. The van der Waals surface area contributed by atoms with Crippen molar-refractivity contribution < 1.29 is 26.8 Å². The average molecular weight is 488 g/mol. The number of benzene rings is 2. The number of amides is 2. The third-order valence-electron chi connectivity index (χ3n) is 5.14. The molecule has 0 saturated carbocycles. The molecule has 0 saturated heterocycles. The maximum atomic E-state index is 14.7. The standard InChI is InChI=1S/C24H26FN3O5S/c1-3-21(24(30)26-15-18-7-6-14-33-18)28(22-9-5-4-8-20(22)25)23(29)16-27-34(31,32)19-12-10-17(2)11-13-19/h4-14,21,27H,3,15-16H2,1-2H3,(H,26,30)/t21-/m1/s1. The summed E-state index contributed by atoms with van der Waals surface area (Å²) in [5, 5.41) is 2.68. The first kappa shape index (κ1) is 25.1. The van der Waals surface area contributed by atoms with E-state index in [2.05, 4.69) is 10.0 Å². The molecular weight excluding hydrogens is 461 g/mol. The molecule has 1 heterocycles. The lowest BCUT2D eigenvalue weighted by molar-refractivity contribution is -0.126. The molecule has 0 spiro atoms. The van der Waals surface area contributed by atoms with Gasteiger partial charge in [0.15, 0.2) is 0 Å². The van der Waals surface area contributed by atoms with Crippen LogP contribution in [-0.4, -0.2) is 32.8 Å². The average Bonchev–Trinajstić information content (AvgIpc) is 3.34. The van der Waals surface area contributed by atoms with E-state index >= 15 is 0 Å². The van der Waals surface area contributed by atoms with Gasteiger partial charge in [0.05, 0.1) is 29.9 Å². The maximum Gasteiger partial charge on any atom is 0.243 e. The molecule has 1 aromatic heterocycles. The first-order chi connectivity index (χ1) is 16.2. The summed E-state index contributed by atoms with van der Waals surface area (Å²) in [5.41, 5.74) is 0.758. The minimum Gasteiger partial charge on any atom is -0.467 e. The van der Waals surface area contributed by atoms with Gasteiger partial charge in [-0.2, -0.15) is 0 Å². The zero-order valence-electron chi connectivity index (χ0n) is 18.8. The monoisotopic (exact) mass is 487 g/mol. The van der Waals surface area contributed by atoms with Crippen LogP contribution in [0.2, 0.25) is 0 Å². The summed E-state index contributed by atoms with van der Waals surface area (Å²) in [4.78, 5) is 27.1. The predicted octanol–water partition coefficient (Wildman–Crippen LogP) is 3.13. The smallest absolute Gasteiger partial charge is 0.243 e. The van der Waals surface area contributed by atoms with E-state index in [1.165, 1.54) is 42.7 Å². The van der Waals surface area contributed by atoms with E-state index in [0.717, 1.165) is 10.5 Å². The van der Waals surface area contributed by atoms with E-state index in [1.807, 2.05) is 6.92 Å². The number of carbonyl (C=O) groups excluding carboxylic acids is 2. The number of sulfonamides is 1. The highest BCUT2D eigenvalue weighted by atomic mass is 32.2. The number of carbonyl (C=O) groups is 2. The van der Waals surface area contributed by atoms with E-state index in [0.29, 0.717) is 5.76 Å². The molecule has 0 fully saturated rings. The number of nitrogens with one attached hydrogen (secondary N) is 2. The zero-order chi connectivity index (χ0) is 24.7. The quantitative estimate of drug-likeness (QED) is 0.457. The van der Waals surface area contributed by atoms with Crippen LogP contribution in [0.25, 0.3) is 0 Å². The molecule has 2 aromatic carbocycles. The number of nitrogens with zero attached hydrogens (tertiary/aromatic N) is 1. The van der Waals surface area contributed by atoms with Crippen LogP contribution in [0, 0.1) is 12.7 Å². The van der Waals surface area contributed by atoms with Crippen molar-refractivity contribution in [3.8, 4) is 0 Å². The molecule has 10 heteroatoms. The van der Waals surface area contributed by atoms with Crippen LogP contribution in [-0.2, 0) is 26.2 Å². The van der Waals surface area contributed by atoms with Crippen molar-refractivity contribution in [3.63, 3.8) is 0 Å². The van der Waals surface area contributed by atoms with Gasteiger partial charge >= 0.3 is 0 Å². The molecule has 2 amide bonds. The Morgan fingerprint density at radius 3 is 2.38 bits per heavy atom. The van der Waals surface area contributed by atoms with Gasteiger partial charge in [-0.1, -0.05) is 36.8 Å². The van der Waals surface area contributed by atoms with Crippen molar-refractivity contribution in [2.24, 2.45) is 0 Å². The molecule has 2 N–H and O–H groups in total. The van der Waals surface area contributed by atoms with Crippen molar-refractivity contribution >= 4 is 27.5 Å². The second-order valence-electron chi connectivity index (χ2n) is 7.57. The number of furan rings is 1. The fourth-order valence-corrected chi connectivity index (χ4v) is 4.33. The fourth-order valence-electron chi connectivity index (χ4n) is 3.36. The Morgan fingerprint density at radius 2 is 1.76 bits per heavy atom. The molecule has 0 unspecified atom stereocenters. The number of anilines is 1. The maximum absolute atomic E-state index is 14.7. The van der Waals surface area contributed by atoms with E-state index in [-0.39, 0.29) is 23.5 Å². The number of rotatable bonds is 10. The van der Waals surface area contributed by atoms with Crippen LogP contribution >= 0.6 is 0 Å². The molecule has 0 bridgehead atoms. The van der Waals surface area contributed by atoms with Crippen molar-refractivity contribution in [2.75, 3.05) is 11.4 Å². The Labute approximate surface area is 197 Å². The molecule has 8 nitrogen and oxygen atoms in total. The van der Waals surface area contributed by atoms with Crippen molar-refractivity contribution in [3.05, 3.63) is 84.1 Å². The van der Waals surface area contributed by atoms with Gasteiger partial charge in [-0.15, -0.1) is 0 Å². The van der Waals surface area contributed by atoms with Gasteiger partial charge in [0.25, 0.3) is 0 Å². The molecule has 180 valence electrons. The first-order valence-corrected chi connectivity index (χ1v) is 12.1. The van der Waals surface area contributed by atoms with E-state index < -0.39 is 40.2 Å². The zero-order valence-corrected chi connectivity index (χ0v) is 19.6. The van der Waals surface area contributed by atoms with Gasteiger partial charge in [-0.25, -0.2) is 17.5 Å². The van der Waals surface area contributed by atoms with E-state index in [1.54, 1.807) is 31.2 Å². The Morgan fingerprint density at radius 1 is 1.06 bits per heavy atom. The summed E-state index contributed by atoms with van der Waals surface area (Å²) in [5.74, 6) is -1.51. The lowest BCUT2D eigenvalue weighted by atomic mass is 10.1. The third kappa shape index (κ3) is 6.09. The van der Waals surface area contributed by atoms with Crippen LogP contribution in [0.3, 0.4) is 0 Å². The molecule has 34 heavy (non-hydrogen) atoms. The van der Waals surface area contributed by atoms with Crippen molar-refractivity contribution in [1.82, 2.24) is 10.0 Å². The Balaban J connectivity index is 1.83. The summed E-state index contributed by atoms with van der Waals surface area (Å²) < 4.78 is 47.4. The van der Waals surface area contributed by atoms with Crippen LogP contribution < -0.4 is 14.9 Å². The highest BCUT2D eigenvalue weighted by molar-refractivity contribution is 7.89. The number of aryl methyl sites for hydroxylation is 1. The highest BCUT2D eigenvalue weighted by Gasteiger charge is 2.32. The molecule has 1 atom stereocenters. The number of para-hydroxylation sites is 1. The van der Waals surface area contributed by atoms with Gasteiger partial charge in [0.1, 0.15) is 17.6 Å². The predicted molar refractivity (Wildman–Crippen MR) is 125 cm³/mol. The Kier molecular flexibility index (Phi) is 8.19. The molecule has 3 rings (SSSR count). The topological polar surface area (TPSA) is 109 Å². The normalized spacial score (nSPS) is 12.2. The van der Waals surface area contributed by atoms with Gasteiger partial charge in [0, 0.05) is 0 Å². The molecule has 0 radical (unpaired) electrons. The summed E-state index contributed by atoms with van der Waals surface area (Å²) in [6, 6.07) is 13.9. The van der Waals surface area contributed by atoms with E-state index in [9.17, 15) is 22.4 Å². The van der Waals surface area contributed by atoms with Gasteiger partial charge < -0.3 is 9.73 Å². The highest BCUT2D eigenvalue weighted by Crippen LogP contribution is 2.23. The van der Waals surface area contributed by atoms with E-state index in [4.69, 9.17) is 4.42 Å². The first-order valence-electron chi connectivity index (χ1n) is 10.7.